The minimum absolute atomic E-state index is 0.00802. The van der Waals surface area contributed by atoms with Gasteiger partial charge in [0.15, 0.2) is 0 Å². The molecule has 0 aromatic heterocycles. The summed E-state index contributed by atoms with van der Waals surface area (Å²) >= 11 is 0. The number of methoxy groups -OCH3 is 2. The first-order valence-electron chi connectivity index (χ1n) is 8.69. The van der Waals surface area contributed by atoms with Gasteiger partial charge in [-0.2, -0.15) is 0 Å². The van der Waals surface area contributed by atoms with Crippen LogP contribution in [0.1, 0.15) is 24.2 Å². The van der Waals surface area contributed by atoms with E-state index in [9.17, 15) is 9.59 Å². The molecule has 0 fully saturated rings. The summed E-state index contributed by atoms with van der Waals surface area (Å²) in [5.41, 5.74) is 2.63. The van der Waals surface area contributed by atoms with Crippen LogP contribution in [0, 0.1) is 11.8 Å². The van der Waals surface area contributed by atoms with E-state index in [4.69, 9.17) is 9.47 Å². The van der Waals surface area contributed by atoms with Gasteiger partial charge in [-0.05, 0) is 35.8 Å². The van der Waals surface area contributed by atoms with Gasteiger partial charge in [0.05, 0.1) is 19.9 Å². The number of aliphatic imine (C=N–C) groups is 1. The van der Waals surface area contributed by atoms with Crippen molar-refractivity contribution in [2.45, 2.75) is 13.8 Å². The molecule has 1 unspecified atom stereocenters. The average Bonchev–Trinajstić information content (AvgIpc) is 2.66. The second kappa shape index (κ2) is 7.61. The van der Waals surface area contributed by atoms with Crippen LogP contribution in [0.5, 0.6) is 11.5 Å². The Labute approximate surface area is 158 Å². The van der Waals surface area contributed by atoms with Crippen LogP contribution in [-0.4, -0.2) is 31.7 Å². The Kier molecular flexibility index (Phi) is 5.26. The summed E-state index contributed by atoms with van der Waals surface area (Å²) in [6.45, 7) is 4.11. The summed E-state index contributed by atoms with van der Waals surface area (Å²) in [6.07, 6.45) is 7.15. The fourth-order valence-corrected chi connectivity index (χ4v) is 3.13. The molecule has 0 saturated heterocycles. The van der Waals surface area contributed by atoms with Crippen molar-refractivity contribution in [1.29, 1.82) is 0 Å². The van der Waals surface area contributed by atoms with E-state index in [1.165, 1.54) is 14.2 Å². The fraction of sp³-hybridized carbons (Fsp3) is 0.286. The first-order chi connectivity index (χ1) is 12.9. The van der Waals surface area contributed by atoms with Crippen molar-refractivity contribution in [3.8, 4) is 11.5 Å². The van der Waals surface area contributed by atoms with Gasteiger partial charge >= 0.3 is 0 Å². The Bertz CT molecular complexity index is 885. The zero-order valence-corrected chi connectivity index (χ0v) is 15.8. The van der Waals surface area contributed by atoms with Gasteiger partial charge in [0, 0.05) is 29.3 Å². The van der Waals surface area contributed by atoms with Crippen molar-refractivity contribution in [3.63, 3.8) is 0 Å². The summed E-state index contributed by atoms with van der Waals surface area (Å²) < 4.78 is 10.4. The predicted octanol–water partition coefficient (Wildman–Crippen LogP) is 3.07. The van der Waals surface area contributed by atoms with Gasteiger partial charge in [-0.15, -0.1) is 0 Å². The third kappa shape index (κ3) is 4.00. The monoisotopic (exact) mass is 366 g/mol. The molecule has 6 nitrogen and oxygen atoms in total. The summed E-state index contributed by atoms with van der Waals surface area (Å²) in [5.74, 6) is 0.722. The van der Waals surface area contributed by atoms with Gasteiger partial charge < -0.3 is 14.8 Å². The van der Waals surface area contributed by atoms with E-state index in [2.05, 4.69) is 24.2 Å². The Hall–Kier alpha value is -3.15. The number of carbonyl (C=O) groups is 2. The van der Waals surface area contributed by atoms with Crippen LogP contribution in [0.15, 0.2) is 58.8 Å². The zero-order chi connectivity index (χ0) is 19.6. The van der Waals surface area contributed by atoms with E-state index < -0.39 is 5.91 Å². The zero-order valence-electron chi connectivity index (χ0n) is 15.8. The summed E-state index contributed by atoms with van der Waals surface area (Å²) in [4.78, 5) is 28.7. The molecular weight excluding hydrogens is 344 g/mol. The smallest absolute Gasteiger partial charge is 0.277 e. The first-order valence-corrected chi connectivity index (χ1v) is 8.69. The molecule has 2 aliphatic rings. The molecule has 0 bridgehead atoms. The van der Waals surface area contributed by atoms with Crippen LogP contribution in [-0.2, 0) is 4.79 Å². The Morgan fingerprint density at radius 1 is 1.11 bits per heavy atom. The highest BCUT2D eigenvalue weighted by Gasteiger charge is 2.28. The maximum atomic E-state index is 12.6. The number of allylic oxidation sites excluding steroid dienone is 3. The number of amides is 2. The lowest BCUT2D eigenvalue weighted by Crippen LogP contribution is -2.34. The maximum Gasteiger partial charge on any atom is 0.277 e. The summed E-state index contributed by atoms with van der Waals surface area (Å²) in [7, 11) is 3.05. The highest BCUT2D eigenvalue weighted by molar-refractivity contribution is 6.14. The van der Waals surface area contributed by atoms with E-state index in [-0.39, 0.29) is 17.7 Å². The molecule has 0 spiro atoms. The minimum atomic E-state index is -0.413. The molecule has 1 atom stereocenters. The molecular formula is C21H22N2O4. The van der Waals surface area contributed by atoms with Crippen molar-refractivity contribution in [2.24, 2.45) is 16.8 Å². The fourth-order valence-electron chi connectivity index (χ4n) is 3.13. The number of carbonyl (C=O) groups excluding carboxylic acids is 2. The predicted molar refractivity (Wildman–Crippen MR) is 103 cm³/mol. The summed E-state index contributed by atoms with van der Waals surface area (Å²) in [6, 6.07) is 4.91. The number of ether oxygens (including phenoxy) is 2. The normalized spacial score (nSPS) is 20.0. The van der Waals surface area contributed by atoms with E-state index in [0.29, 0.717) is 22.8 Å². The largest absolute Gasteiger partial charge is 0.497 e. The molecule has 6 heteroatoms. The standard InChI is InChI=1S/C21H22N2O4/c1-12(2)18-11-20(24)23-19-9-14(5-6-17(18)19)22-21(25)13-7-15(26-3)10-16(8-13)27-4/h5-12,17H,1-4H3,(H,23,24). The minimum Gasteiger partial charge on any atom is -0.497 e. The van der Waals surface area contributed by atoms with Crippen LogP contribution in [0.2, 0.25) is 0 Å². The quantitative estimate of drug-likeness (QED) is 0.888. The van der Waals surface area contributed by atoms with E-state index in [1.54, 1.807) is 36.4 Å². The number of hydrogen-bond acceptors (Lipinski definition) is 4. The topological polar surface area (TPSA) is 77.0 Å². The van der Waals surface area contributed by atoms with Gasteiger partial charge in [0.1, 0.15) is 11.5 Å². The molecule has 0 radical (unpaired) electrons. The van der Waals surface area contributed by atoms with Crippen molar-refractivity contribution in [3.05, 3.63) is 59.3 Å². The number of nitrogens with one attached hydrogen (secondary N) is 1. The molecule has 2 amide bonds. The SMILES string of the molecule is COc1cc(OC)cc(C(=O)N=C2C=CC3C(=C2)NC(=O)C=C3C(C)C)c1. The molecule has 27 heavy (non-hydrogen) atoms. The van der Waals surface area contributed by atoms with Crippen molar-refractivity contribution < 1.29 is 19.1 Å². The molecule has 0 saturated carbocycles. The highest BCUT2D eigenvalue weighted by Crippen LogP contribution is 2.31. The molecule has 3 rings (SSSR count). The van der Waals surface area contributed by atoms with E-state index in [1.807, 2.05) is 6.08 Å². The third-order valence-corrected chi connectivity index (χ3v) is 4.52. The van der Waals surface area contributed by atoms with Crippen molar-refractivity contribution in [2.75, 3.05) is 14.2 Å². The molecule has 1 aromatic rings. The Morgan fingerprint density at radius 3 is 2.37 bits per heavy atom. The molecule has 1 aliphatic heterocycles. The van der Waals surface area contributed by atoms with Crippen LogP contribution < -0.4 is 14.8 Å². The average molecular weight is 366 g/mol. The molecule has 1 heterocycles. The number of benzene rings is 1. The Morgan fingerprint density at radius 2 is 1.78 bits per heavy atom. The maximum absolute atomic E-state index is 12.6. The van der Waals surface area contributed by atoms with Gasteiger partial charge in [-0.3, -0.25) is 9.59 Å². The first kappa shape index (κ1) is 18.6. The van der Waals surface area contributed by atoms with Crippen LogP contribution in [0.4, 0.5) is 0 Å². The molecule has 1 N–H and O–H groups in total. The second-order valence-electron chi connectivity index (χ2n) is 6.67. The van der Waals surface area contributed by atoms with Crippen LogP contribution in [0.3, 0.4) is 0 Å². The molecule has 140 valence electrons. The van der Waals surface area contributed by atoms with Gasteiger partial charge in [0.2, 0.25) is 5.91 Å². The van der Waals surface area contributed by atoms with Crippen LogP contribution >= 0.6 is 0 Å². The molecule has 1 aromatic carbocycles. The lowest BCUT2D eigenvalue weighted by molar-refractivity contribution is -0.116. The van der Waals surface area contributed by atoms with Crippen LogP contribution in [0.25, 0.3) is 0 Å². The van der Waals surface area contributed by atoms with Crippen molar-refractivity contribution >= 4 is 17.5 Å². The Balaban J connectivity index is 1.90. The highest BCUT2D eigenvalue weighted by atomic mass is 16.5. The van der Waals surface area contributed by atoms with Gasteiger partial charge in [-0.25, -0.2) is 4.99 Å². The second-order valence-corrected chi connectivity index (χ2v) is 6.67. The van der Waals surface area contributed by atoms with Crippen molar-refractivity contribution in [1.82, 2.24) is 5.32 Å². The number of rotatable bonds is 4. The van der Waals surface area contributed by atoms with E-state index in [0.717, 1.165) is 11.3 Å². The lowest BCUT2D eigenvalue weighted by atomic mass is 9.82. The van der Waals surface area contributed by atoms with Gasteiger partial charge in [-0.1, -0.05) is 19.9 Å². The van der Waals surface area contributed by atoms with Gasteiger partial charge in [0.25, 0.3) is 5.91 Å². The number of hydrogen-bond donors (Lipinski definition) is 1. The molecule has 1 aliphatic carbocycles. The third-order valence-electron chi connectivity index (χ3n) is 4.52. The van der Waals surface area contributed by atoms with E-state index >= 15 is 0 Å². The summed E-state index contributed by atoms with van der Waals surface area (Å²) in [5, 5.41) is 2.85. The lowest BCUT2D eigenvalue weighted by Gasteiger charge is -2.29. The number of nitrogens with zero attached hydrogens (tertiary/aromatic N) is 1. The number of fused-ring (bicyclic) bond motifs is 1.